The molecule has 1 N–H and O–H groups in total. The van der Waals surface area contributed by atoms with E-state index in [0.717, 1.165) is 32.5 Å². The lowest BCUT2D eigenvalue weighted by molar-refractivity contribution is -0.148. The van der Waals surface area contributed by atoms with Crippen LogP contribution < -0.4 is 0 Å². The molecule has 1 aliphatic rings. The standard InChI is InChI=1S/C12H22N2O2/c1-12(2)10-14(7-5-3-4-6-13)8-11(9-15)16-12/h11,15H,3-5,7-10H2,1-2H3. The first-order valence-electron chi connectivity index (χ1n) is 5.95. The van der Waals surface area contributed by atoms with E-state index in [2.05, 4.69) is 24.8 Å². The van der Waals surface area contributed by atoms with Crippen molar-refractivity contribution < 1.29 is 9.84 Å². The molecule has 1 rings (SSSR count). The number of hydrogen-bond donors (Lipinski definition) is 1. The smallest absolute Gasteiger partial charge is 0.0940 e. The fourth-order valence-corrected chi connectivity index (χ4v) is 2.22. The normalized spacial score (nSPS) is 25.2. The number of morpholine rings is 1. The molecular weight excluding hydrogens is 204 g/mol. The number of aliphatic hydroxyl groups is 1. The molecule has 0 bridgehead atoms. The Morgan fingerprint density at radius 2 is 2.25 bits per heavy atom. The summed E-state index contributed by atoms with van der Waals surface area (Å²) in [5, 5.41) is 17.6. The van der Waals surface area contributed by atoms with Crippen molar-refractivity contribution in [2.75, 3.05) is 26.2 Å². The zero-order valence-electron chi connectivity index (χ0n) is 10.3. The van der Waals surface area contributed by atoms with Crippen molar-refractivity contribution in [3.05, 3.63) is 0 Å². The van der Waals surface area contributed by atoms with Gasteiger partial charge in [-0.25, -0.2) is 0 Å². The molecule has 0 aromatic rings. The van der Waals surface area contributed by atoms with E-state index in [-0.39, 0.29) is 18.3 Å². The van der Waals surface area contributed by atoms with Gasteiger partial charge in [-0.15, -0.1) is 0 Å². The van der Waals surface area contributed by atoms with Crippen molar-refractivity contribution in [3.8, 4) is 6.07 Å². The molecule has 1 atom stereocenters. The molecular formula is C12H22N2O2. The monoisotopic (exact) mass is 226 g/mol. The highest BCUT2D eigenvalue weighted by Gasteiger charge is 2.32. The van der Waals surface area contributed by atoms with Crippen LogP contribution in [0.5, 0.6) is 0 Å². The number of nitrogens with zero attached hydrogens (tertiary/aromatic N) is 2. The van der Waals surface area contributed by atoms with Crippen LogP contribution in [-0.4, -0.2) is 48.0 Å². The molecule has 16 heavy (non-hydrogen) atoms. The highest BCUT2D eigenvalue weighted by atomic mass is 16.5. The minimum Gasteiger partial charge on any atom is -0.394 e. The predicted molar refractivity (Wildman–Crippen MR) is 61.9 cm³/mol. The molecule has 0 radical (unpaired) electrons. The summed E-state index contributed by atoms with van der Waals surface area (Å²) in [6.45, 7) is 6.87. The topological polar surface area (TPSA) is 56.5 Å². The number of aliphatic hydroxyl groups excluding tert-OH is 1. The molecule has 1 unspecified atom stereocenters. The van der Waals surface area contributed by atoms with E-state index < -0.39 is 0 Å². The van der Waals surface area contributed by atoms with Gasteiger partial charge in [-0.2, -0.15) is 5.26 Å². The molecule has 0 saturated carbocycles. The van der Waals surface area contributed by atoms with E-state index in [9.17, 15) is 0 Å². The molecule has 1 heterocycles. The summed E-state index contributed by atoms with van der Waals surface area (Å²) in [6, 6.07) is 2.16. The van der Waals surface area contributed by atoms with Crippen molar-refractivity contribution in [1.82, 2.24) is 4.90 Å². The molecule has 0 amide bonds. The predicted octanol–water partition coefficient (Wildman–Crippen LogP) is 1.15. The third kappa shape index (κ3) is 4.48. The van der Waals surface area contributed by atoms with Crippen LogP contribution in [0.4, 0.5) is 0 Å². The Morgan fingerprint density at radius 1 is 1.50 bits per heavy atom. The maximum Gasteiger partial charge on any atom is 0.0940 e. The summed E-state index contributed by atoms with van der Waals surface area (Å²) in [4.78, 5) is 2.32. The van der Waals surface area contributed by atoms with Gasteiger partial charge < -0.3 is 9.84 Å². The molecule has 0 aromatic heterocycles. The van der Waals surface area contributed by atoms with E-state index in [1.807, 2.05) is 0 Å². The van der Waals surface area contributed by atoms with Crippen LogP contribution in [0.15, 0.2) is 0 Å². The maximum absolute atomic E-state index is 9.16. The molecule has 1 saturated heterocycles. The Bertz CT molecular complexity index is 248. The van der Waals surface area contributed by atoms with Crippen LogP contribution >= 0.6 is 0 Å². The fourth-order valence-electron chi connectivity index (χ4n) is 2.22. The zero-order chi connectivity index (χ0) is 12.0. The molecule has 0 spiro atoms. The third-order valence-electron chi connectivity index (χ3n) is 2.77. The van der Waals surface area contributed by atoms with Gasteiger partial charge in [0.05, 0.1) is 24.4 Å². The number of hydrogen-bond acceptors (Lipinski definition) is 4. The Balaban J connectivity index is 2.33. The lowest BCUT2D eigenvalue weighted by Crippen LogP contribution is -2.53. The van der Waals surface area contributed by atoms with Gasteiger partial charge >= 0.3 is 0 Å². The van der Waals surface area contributed by atoms with Crippen molar-refractivity contribution >= 4 is 0 Å². The average molecular weight is 226 g/mol. The first-order chi connectivity index (χ1) is 7.57. The molecule has 4 nitrogen and oxygen atoms in total. The zero-order valence-corrected chi connectivity index (χ0v) is 10.3. The van der Waals surface area contributed by atoms with Gasteiger partial charge in [0.25, 0.3) is 0 Å². The van der Waals surface area contributed by atoms with Crippen LogP contribution in [0.25, 0.3) is 0 Å². The van der Waals surface area contributed by atoms with Crippen LogP contribution in [0.1, 0.15) is 33.1 Å². The molecule has 1 aliphatic heterocycles. The fraction of sp³-hybridized carbons (Fsp3) is 0.917. The van der Waals surface area contributed by atoms with Gasteiger partial charge in [0.15, 0.2) is 0 Å². The summed E-state index contributed by atoms with van der Waals surface area (Å²) in [5.41, 5.74) is -0.180. The summed E-state index contributed by atoms with van der Waals surface area (Å²) < 4.78 is 5.74. The highest BCUT2D eigenvalue weighted by Crippen LogP contribution is 2.21. The van der Waals surface area contributed by atoms with Gasteiger partial charge in [-0.1, -0.05) is 0 Å². The van der Waals surface area contributed by atoms with E-state index in [1.165, 1.54) is 0 Å². The molecule has 1 fully saturated rings. The summed E-state index contributed by atoms with van der Waals surface area (Å²) >= 11 is 0. The van der Waals surface area contributed by atoms with Gasteiger partial charge in [0.1, 0.15) is 0 Å². The lowest BCUT2D eigenvalue weighted by Gasteiger charge is -2.42. The van der Waals surface area contributed by atoms with Crippen LogP contribution in [-0.2, 0) is 4.74 Å². The lowest BCUT2D eigenvalue weighted by atomic mass is 10.0. The largest absolute Gasteiger partial charge is 0.394 e. The van der Waals surface area contributed by atoms with E-state index in [4.69, 9.17) is 15.1 Å². The second kappa shape index (κ2) is 6.19. The van der Waals surface area contributed by atoms with Crippen molar-refractivity contribution in [2.45, 2.75) is 44.8 Å². The van der Waals surface area contributed by atoms with Crippen LogP contribution in [0.3, 0.4) is 0 Å². The van der Waals surface area contributed by atoms with Gasteiger partial charge in [-0.05, 0) is 33.2 Å². The number of ether oxygens (including phenoxy) is 1. The highest BCUT2D eigenvalue weighted by molar-refractivity contribution is 4.84. The first kappa shape index (κ1) is 13.4. The first-order valence-corrected chi connectivity index (χ1v) is 5.95. The third-order valence-corrected chi connectivity index (χ3v) is 2.77. The van der Waals surface area contributed by atoms with Gasteiger partial charge in [0.2, 0.25) is 0 Å². The minimum absolute atomic E-state index is 0.0697. The van der Waals surface area contributed by atoms with Crippen LogP contribution in [0.2, 0.25) is 0 Å². The van der Waals surface area contributed by atoms with Crippen molar-refractivity contribution in [3.63, 3.8) is 0 Å². The van der Waals surface area contributed by atoms with Crippen LogP contribution in [0, 0.1) is 11.3 Å². The Kier molecular flexibility index (Phi) is 5.20. The van der Waals surface area contributed by atoms with E-state index in [1.54, 1.807) is 0 Å². The summed E-state index contributed by atoms with van der Waals surface area (Å²) in [6.07, 6.45) is 2.57. The van der Waals surface area contributed by atoms with Crippen molar-refractivity contribution in [1.29, 1.82) is 5.26 Å². The molecule has 92 valence electrons. The Morgan fingerprint density at radius 3 is 2.88 bits per heavy atom. The van der Waals surface area contributed by atoms with Gasteiger partial charge in [0, 0.05) is 19.5 Å². The minimum atomic E-state index is -0.180. The van der Waals surface area contributed by atoms with Crippen molar-refractivity contribution in [2.24, 2.45) is 0 Å². The Hall–Kier alpha value is -0.630. The molecule has 0 aliphatic carbocycles. The number of nitriles is 1. The SMILES string of the molecule is CC1(C)CN(CCCCC#N)CC(CO)O1. The Labute approximate surface area is 97.8 Å². The second-order valence-electron chi connectivity index (χ2n) is 5.03. The number of rotatable bonds is 5. The molecule has 4 heteroatoms. The molecule has 0 aromatic carbocycles. The maximum atomic E-state index is 9.16. The average Bonchev–Trinajstić information content (AvgIpc) is 2.22. The quantitative estimate of drug-likeness (QED) is 0.715. The van der Waals surface area contributed by atoms with E-state index >= 15 is 0 Å². The van der Waals surface area contributed by atoms with Gasteiger partial charge in [-0.3, -0.25) is 4.90 Å². The van der Waals surface area contributed by atoms with E-state index in [0.29, 0.717) is 6.42 Å². The number of unbranched alkanes of at least 4 members (excludes halogenated alkanes) is 2. The summed E-state index contributed by atoms with van der Waals surface area (Å²) in [7, 11) is 0. The summed E-state index contributed by atoms with van der Waals surface area (Å²) in [5.74, 6) is 0. The second-order valence-corrected chi connectivity index (χ2v) is 5.03.